The van der Waals surface area contributed by atoms with Gasteiger partial charge in [0.2, 0.25) is 5.88 Å². The van der Waals surface area contributed by atoms with Gasteiger partial charge < -0.3 is 9.74 Å². The van der Waals surface area contributed by atoms with E-state index in [9.17, 15) is 4.79 Å². The number of aromatic nitrogens is 3. The lowest BCUT2D eigenvalue weighted by Crippen LogP contribution is -2.21. The third-order valence-corrected chi connectivity index (χ3v) is 4.80. The average molecular weight is 329 g/mol. The Morgan fingerprint density at radius 1 is 1.39 bits per heavy atom. The van der Waals surface area contributed by atoms with Crippen LogP contribution in [-0.2, 0) is 4.84 Å². The Morgan fingerprint density at radius 3 is 2.91 bits per heavy atom. The van der Waals surface area contributed by atoms with Gasteiger partial charge in [0.05, 0.1) is 17.1 Å². The molecule has 1 aliphatic heterocycles. The smallest absolute Gasteiger partial charge is 0.278 e. The number of pyridine rings is 1. The minimum absolute atomic E-state index is 0.0528. The monoisotopic (exact) mass is 329 g/mol. The van der Waals surface area contributed by atoms with E-state index in [1.54, 1.807) is 6.20 Å². The summed E-state index contributed by atoms with van der Waals surface area (Å²) in [7, 11) is 3.92. The Morgan fingerprint density at radius 2 is 2.22 bits per heavy atom. The van der Waals surface area contributed by atoms with E-state index in [1.165, 1.54) is 22.2 Å². The second kappa shape index (κ2) is 5.04. The zero-order valence-corrected chi connectivity index (χ0v) is 13.7. The molecule has 7 nitrogen and oxygen atoms in total. The molecule has 3 aromatic heterocycles. The van der Waals surface area contributed by atoms with Crippen LogP contribution < -0.4 is 15.9 Å². The number of hydroxylamine groups is 1. The number of hydrogen-bond donors (Lipinski definition) is 1. The standard InChI is InChI=1S/C15H15N5O2S/c1-8-6-10(22-18-8)20-7-17-12-11-9(19(2)3)4-5-16-14(11)23-13(12)15(20)21/h4-8,18H,1-3H3. The van der Waals surface area contributed by atoms with Crippen molar-refractivity contribution in [1.82, 2.24) is 20.0 Å². The minimum Gasteiger partial charge on any atom is -0.389 e. The Labute approximate surface area is 135 Å². The zero-order valence-electron chi connectivity index (χ0n) is 12.9. The summed E-state index contributed by atoms with van der Waals surface area (Å²) in [6, 6.07) is 1.98. The van der Waals surface area contributed by atoms with Crippen molar-refractivity contribution >= 4 is 43.3 Å². The van der Waals surface area contributed by atoms with Gasteiger partial charge >= 0.3 is 0 Å². The van der Waals surface area contributed by atoms with Crippen LogP contribution in [0.25, 0.3) is 26.3 Å². The van der Waals surface area contributed by atoms with Crippen LogP contribution in [0.2, 0.25) is 0 Å². The lowest BCUT2D eigenvalue weighted by atomic mass is 10.2. The van der Waals surface area contributed by atoms with Crippen LogP contribution in [0.3, 0.4) is 0 Å². The molecule has 1 aliphatic rings. The fourth-order valence-corrected chi connectivity index (χ4v) is 3.68. The molecule has 0 saturated carbocycles. The van der Waals surface area contributed by atoms with Gasteiger partial charge in [0.15, 0.2) is 0 Å². The van der Waals surface area contributed by atoms with E-state index in [2.05, 4.69) is 15.4 Å². The highest BCUT2D eigenvalue weighted by Crippen LogP contribution is 2.35. The fraction of sp³-hybridized carbons (Fsp3) is 0.267. The zero-order chi connectivity index (χ0) is 16.1. The summed E-state index contributed by atoms with van der Waals surface area (Å²) in [5.41, 5.74) is 4.33. The van der Waals surface area contributed by atoms with Crippen molar-refractivity contribution in [3.63, 3.8) is 0 Å². The van der Waals surface area contributed by atoms with Gasteiger partial charge in [-0.1, -0.05) is 0 Å². The van der Waals surface area contributed by atoms with Crippen LogP contribution in [0, 0.1) is 0 Å². The topological polar surface area (TPSA) is 72.3 Å². The molecular weight excluding hydrogens is 314 g/mol. The number of nitrogens with zero attached hydrogens (tertiary/aromatic N) is 4. The first kappa shape index (κ1) is 14.2. The van der Waals surface area contributed by atoms with Gasteiger partial charge in [-0.3, -0.25) is 4.79 Å². The summed E-state index contributed by atoms with van der Waals surface area (Å²) in [5, 5.41) is 0.912. The first-order chi connectivity index (χ1) is 11.1. The number of nitrogens with one attached hydrogen (secondary N) is 1. The van der Waals surface area contributed by atoms with Gasteiger partial charge in [0, 0.05) is 20.3 Å². The molecule has 4 rings (SSSR count). The van der Waals surface area contributed by atoms with Crippen LogP contribution in [0.15, 0.2) is 29.5 Å². The van der Waals surface area contributed by atoms with E-state index in [-0.39, 0.29) is 11.6 Å². The summed E-state index contributed by atoms with van der Waals surface area (Å²) >= 11 is 1.36. The molecule has 0 saturated heterocycles. The molecule has 0 aromatic carbocycles. The molecule has 4 heterocycles. The predicted molar refractivity (Wildman–Crippen MR) is 91.5 cm³/mol. The molecule has 0 aliphatic carbocycles. The number of hydrogen-bond acceptors (Lipinski definition) is 7. The van der Waals surface area contributed by atoms with Crippen molar-refractivity contribution in [3.8, 4) is 0 Å². The summed E-state index contributed by atoms with van der Waals surface area (Å²) < 4.78 is 2.00. The molecular formula is C15H15N5O2S. The van der Waals surface area contributed by atoms with Crippen molar-refractivity contribution in [2.24, 2.45) is 0 Å². The predicted octanol–water partition coefficient (Wildman–Crippen LogP) is 1.79. The third kappa shape index (κ3) is 2.10. The SMILES string of the molecule is CC1C=C(n2cnc3c(sc4nccc(N(C)C)c43)c2=O)ON1. The van der Waals surface area contributed by atoms with Gasteiger partial charge in [-0.05, 0) is 19.1 Å². The lowest BCUT2D eigenvalue weighted by Gasteiger charge is -2.13. The molecule has 0 fully saturated rings. The van der Waals surface area contributed by atoms with Crippen LogP contribution in [-0.4, -0.2) is 34.7 Å². The molecule has 0 spiro atoms. The Hall–Kier alpha value is -2.45. The van der Waals surface area contributed by atoms with Crippen molar-refractivity contribution in [3.05, 3.63) is 35.0 Å². The van der Waals surface area contributed by atoms with Gasteiger partial charge in [-0.15, -0.1) is 16.8 Å². The van der Waals surface area contributed by atoms with Gasteiger partial charge in [0.1, 0.15) is 21.4 Å². The maximum absolute atomic E-state index is 12.8. The number of thiophene rings is 1. The second-order valence-corrected chi connectivity index (χ2v) is 6.62. The van der Waals surface area contributed by atoms with Gasteiger partial charge in [-0.2, -0.15) is 0 Å². The molecule has 1 unspecified atom stereocenters. The lowest BCUT2D eigenvalue weighted by molar-refractivity contribution is 0.154. The molecule has 1 atom stereocenters. The summed E-state index contributed by atoms with van der Waals surface area (Å²) in [6.07, 6.45) is 5.10. The highest BCUT2D eigenvalue weighted by Gasteiger charge is 2.20. The number of rotatable bonds is 2. The van der Waals surface area contributed by atoms with Crippen LogP contribution >= 0.6 is 11.3 Å². The Kier molecular flexibility index (Phi) is 3.10. The average Bonchev–Trinajstić information content (AvgIpc) is 3.11. The summed E-state index contributed by atoms with van der Waals surface area (Å²) in [6.45, 7) is 1.94. The summed E-state index contributed by atoms with van der Waals surface area (Å²) in [5.74, 6) is 0.454. The quantitative estimate of drug-likeness (QED) is 0.773. The molecule has 0 amide bonds. The molecule has 0 radical (unpaired) electrons. The van der Waals surface area contributed by atoms with Crippen molar-refractivity contribution in [2.45, 2.75) is 13.0 Å². The molecule has 3 aromatic rings. The van der Waals surface area contributed by atoms with Crippen molar-refractivity contribution < 1.29 is 4.84 Å². The fourth-order valence-electron chi connectivity index (χ4n) is 2.63. The van der Waals surface area contributed by atoms with Crippen molar-refractivity contribution in [2.75, 3.05) is 19.0 Å². The maximum atomic E-state index is 12.8. The van der Waals surface area contributed by atoms with Gasteiger partial charge in [0.25, 0.3) is 5.56 Å². The van der Waals surface area contributed by atoms with Gasteiger partial charge in [-0.25, -0.2) is 14.5 Å². The molecule has 8 heteroatoms. The molecule has 118 valence electrons. The van der Waals surface area contributed by atoms with Crippen molar-refractivity contribution in [1.29, 1.82) is 0 Å². The largest absolute Gasteiger partial charge is 0.389 e. The molecule has 0 bridgehead atoms. The van der Waals surface area contributed by atoms with Crippen LogP contribution in [0.4, 0.5) is 5.69 Å². The molecule has 1 N–H and O–H groups in total. The van der Waals surface area contributed by atoms with Crippen LogP contribution in [0.5, 0.6) is 0 Å². The van der Waals surface area contributed by atoms with E-state index in [0.717, 1.165) is 15.9 Å². The third-order valence-electron chi connectivity index (χ3n) is 3.72. The van der Waals surface area contributed by atoms with E-state index in [1.807, 2.05) is 38.1 Å². The number of fused-ring (bicyclic) bond motifs is 3. The summed E-state index contributed by atoms with van der Waals surface area (Å²) in [4.78, 5) is 29.8. The first-order valence-corrected chi connectivity index (χ1v) is 7.98. The Balaban J connectivity index is 2.02. The minimum atomic E-state index is -0.148. The normalized spacial score (nSPS) is 17.5. The van der Waals surface area contributed by atoms with E-state index >= 15 is 0 Å². The van der Waals surface area contributed by atoms with E-state index < -0.39 is 0 Å². The van der Waals surface area contributed by atoms with E-state index in [0.29, 0.717) is 16.1 Å². The first-order valence-electron chi connectivity index (χ1n) is 7.17. The maximum Gasteiger partial charge on any atom is 0.278 e. The second-order valence-electron chi connectivity index (χ2n) is 5.62. The highest BCUT2D eigenvalue weighted by molar-refractivity contribution is 7.25. The highest BCUT2D eigenvalue weighted by atomic mass is 32.1. The Bertz CT molecular complexity index is 1000. The van der Waals surface area contributed by atoms with E-state index in [4.69, 9.17) is 4.84 Å². The molecule has 23 heavy (non-hydrogen) atoms. The number of anilines is 1. The van der Waals surface area contributed by atoms with Crippen LogP contribution in [0.1, 0.15) is 6.92 Å².